The van der Waals surface area contributed by atoms with Crippen molar-refractivity contribution in [2.45, 2.75) is 37.6 Å². The summed E-state index contributed by atoms with van der Waals surface area (Å²) in [5, 5.41) is 10.7. The van der Waals surface area contributed by atoms with E-state index in [0.717, 1.165) is 12.0 Å². The van der Waals surface area contributed by atoms with E-state index in [1.165, 1.54) is 6.92 Å². The number of halogens is 2. The lowest BCUT2D eigenvalue weighted by atomic mass is 9.57. The summed E-state index contributed by atoms with van der Waals surface area (Å²) in [7, 11) is 1.69. The van der Waals surface area contributed by atoms with Crippen molar-refractivity contribution in [2.75, 3.05) is 7.05 Å². The van der Waals surface area contributed by atoms with E-state index in [4.69, 9.17) is 23.2 Å². The van der Waals surface area contributed by atoms with Crippen LogP contribution in [0.25, 0.3) is 0 Å². The molecule has 2 bridgehead atoms. The van der Waals surface area contributed by atoms with E-state index in [9.17, 15) is 14.7 Å². The molecule has 1 aliphatic carbocycles. The molecule has 118 valence electrons. The normalized spacial score (nSPS) is 34.1. The second kappa shape index (κ2) is 4.87. The van der Waals surface area contributed by atoms with E-state index in [1.54, 1.807) is 30.1 Å². The number of nitrogens with zero attached hydrogens (tertiary/aromatic N) is 1. The first-order chi connectivity index (χ1) is 10.2. The second-order valence-corrected chi connectivity index (χ2v) is 7.27. The van der Waals surface area contributed by atoms with Crippen molar-refractivity contribution in [3.05, 3.63) is 33.8 Å². The SMILES string of the molecule is CN1C(=O)[C@@](C)(C(=O)O)[C@@]2(c3ccc(Cl)c(Cl)c3)CC[C@@H]1C2. The van der Waals surface area contributed by atoms with Crippen molar-refractivity contribution < 1.29 is 14.7 Å². The molecule has 1 amide bonds. The highest BCUT2D eigenvalue weighted by Crippen LogP contribution is 2.58. The van der Waals surface area contributed by atoms with E-state index in [1.807, 2.05) is 0 Å². The number of carbonyl (C=O) groups is 2. The smallest absolute Gasteiger partial charge is 0.319 e. The fourth-order valence-corrected chi connectivity index (χ4v) is 4.47. The van der Waals surface area contributed by atoms with Gasteiger partial charge in [0.15, 0.2) is 5.41 Å². The third-order valence-corrected chi connectivity index (χ3v) is 6.38. The van der Waals surface area contributed by atoms with E-state index >= 15 is 0 Å². The Morgan fingerprint density at radius 3 is 2.64 bits per heavy atom. The lowest BCUT2D eigenvalue weighted by molar-refractivity contribution is -0.169. The molecule has 1 N–H and O–H groups in total. The van der Waals surface area contributed by atoms with E-state index < -0.39 is 16.8 Å². The average Bonchev–Trinajstić information content (AvgIpc) is 2.90. The molecule has 0 aromatic heterocycles. The van der Waals surface area contributed by atoms with Crippen LogP contribution in [0.4, 0.5) is 0 Å². The van der Waals surface area contributed by atoms with Gasteiger partial charge in [-0.05, 0) is 43.9 Å². The largest absolute Gasteiger partial charge is 0.480 e. The summed E-state index contributed by atoms with van der Waals surface area (Å²) in [6, 6.07) is 5.27. The van der Waals surface area contributed by atoms with Gasteiger partial charge in [0, 0.05) is 18.5 Å². The highest BCUT2D eigenvalue weighted by molar-refractivity contribution is 6.42. The summed E-state index contributed by atoms with van der Waals surface area (Å²) in [5.74, 6) is -1.42. The Balaban J connectivity index is 2.23. The fraction of sp³-hybridized carbons (Fsp3) is 0.500. The summed E-state index contributed by atoms with van der Waals surface area (Å²) in [4.78, 5) is 26.4. The number of carboxylic acid groups (broad SMARTS) is 1. The number of benzene rings is 1. The number of carboxylic acids is 1. The number of hydrogen-bond acceptors (Lipinski definition) is 2. The minimum Gasteiger partial charge on any atom is -0.480 e. The summed E-state index contributed by atoms with van der Waals surface area (Å²) in [5.41, 5.74) is -1.44. The molecule has 0 unspecified atom stereocenters. The first kappa shape index (κ1) is 15.6. The highest BCUT2D eigenvalue weighted by Gasteiger charge is 2.66. The Bertz CT molecular complexity index is 677. The van der Waals surface area contributed by atoms with Crippen LogP contribution in [0.5, 0.6) is 0 Å². The fourth-order valence-electron chi connectivity index (χ4n) is 4.17. The average molecular weight is 342 g/mol. The van der Waals surface area contributed by atoms with Crippen molar-refractivity contribution in [3.8, 4) is 0 Å². The molecule has 3 atom stereocenters. The summed E-state index contributed by atoms with van der Waals surface area (Å²) in [6.45, 7) is 1.54. The zero-order valence-corrected chi connectivity index (χ0v) is 13.9. The van der Waals surface area contributed by atoms with E-state index in [0.29, 0.717) is 22.9 Å². The number of carbonyl (C=O) groups excluding carboxylic acids is 1. The van der Waals surface area contributed by atoms with Gasteiger partial charge in [0.2, 0.25) is 5.91 Å². The molecule has 0 spiro atoms. The molecule has 6 heteroatoms. The molecular formula is C16H17Cl2NO3. The molecule has 1 saturated carbocycles. The topological polar surface area (TPSA) is 57.6 Å². The molecule has 4 nitrogen and oxygen atoms in total. The third kappa shape index (κ3) is 1.77. The molecule has 1 aliphatic heterocycles. The predicted molar refractivity (Wildman–Crippen MR) is 84.3 cm³/mol. The van der Waals surface area contributed by atoms with Crippen LogP contribution in [0.3, 0.4) is 0 Å². The van der Waals surface area contributed by atoms with Gasteiger partial charge in [-0.1, -0.05) is 29.3 Å². The van der Waals surface area contributed by atoms with Crippen LogP contribution in [-0.4, -0.2) is 35.0 Å². The minimum atomic E-state index is -1.49. The molecule has 22 heavy (non-hydrogen) atoms. The second-order valence-electron chi connectivity index (χ2n) is 6.45. The zero-order chi connectivity index (χ0) is 16.3. The van der Waals surface area contributed by atoms with Crippen LogP contribution in [0.15, 0.2) is 18.2 Å². The summed E-state index contributed by atoms with van der Waals surface area (Å²) < 4.78 is 0. The standard InChI is InChI=1S/C16H17Cl2NO3/c1-15(14(21)22)13(20)19(2)10-5-6-16(15,8-10)9-3-4-11(17)12(18)7-9/h3-4,7,10H,5-6,8H2,1-2H3,(H,21,22)/t10-,15+,16+/m1/s1. The highest BCUT2D eigenvalue weighted by atomic mass is 35.5. The maximum absolute atomic E-state index is 12.8. The van der Waals surface area contributed by atoms with Gasteiger partial charge in [0.05, 0.1) is 10.0 Å². The quantitative estimate of drug-likeness (QED) is 0.839. The molecule has 1 saturated heterocycles. The Morgan fingerprint density at radius 1 is 1.36 bits per heavy atom. The van der Waals surface area contributed by atoms with Gasteiger partial charge in [-0.2, -0.15) is 0 Å². The third-order valence-electron chi connectivity index (χ3n) is 5.64. The van der Waals surface area contributed by atoms with Crippen LogP contribution in [0.1, 0.15) is 31.7 Å². The van der Waals surface area contributed by atoms with Crippen LogP contribution in [0, 0.1) is 5.41 Å². The maximum atomic E-state index is 12.8. The Labute approximate surface area is 139 Å². The minimum absolute atomic E-state index is 0.0781. The number of likely N-dealkylation sites (tertiary alicyclic amines) is 1. The number of piperidine rings is 1. The molecule has 0 radical (unpaired) electrons. The van der Waals surface area contributed by atoms with Gasteiger partial charge < -0.3 is 10.0 Å². The van der Waals surface area contributed by atoms with Crippen LogP contribution in [0.2, 0.25) is 10.0 Å². The number of aliphatic carboxylic acids is 1. The van der Waals surface area contributed by atoms with Gasteiger partial charge in [-0.25, -0.2) is 0 Å². The van der Waals surface area contributed by atoms with Crippen molar-refractivity contribution in [1.29, 1.82) is 0 Å². The van der Waals surface area contributed by atoms with Gasteiger partial charge >= 0.3 is 5.97 Å². The van der Waals surface area contributed by atoms with Crippen LogP contribution >= 0.6 is 23.2 Å². The molecule has 1 heterocycles. The van der Waals surface area contributed by atoms with Crippen molar-refractivity contribution in [2.24, 2.45) is 5.41 Å². The maximum Gasteiger partial charge on any atom is 0.319 e. The van der Waals surface area contributed by atoms with Gasteiger partial charge in [-0.15, -0.1) is 0 Å². The Kier molecular flexibility index (Phi) is 3.46. The van der Waals surface area contributed by atoms with Gasteiger partial charge in [-0.3, -0.25) is 9.59 Å². The molecule has 2 fully saturated rings. The zero-order valence-electron chi connectivity index (χ0n) is 12.4. The predicted octanol–water partition coefficient (Wildman–Crippen LogP) is 3.35. The van der Waals surface area contributed by atoms with Gasteiger partial charge in [0.25, 0.3) is 0 Å². The molecule has 3 rings (SSSR count). The van der Waals surface area contributed by atoms with Crippen molar-refractivity contribution >= 4 is 35.1 Å². The van der Waals surface area contributed by atoms with Gasteiger partial charge in [0.1, 0.15) is 0 Å². The lowest BCUT2D eigenvalue weighted by Gasteiger charge is -2.49. The van der Waals surface area contributed by atoms with Crippen molar-refractivity contribution in [1.82, 2.24) is 4.90 Å². The van der Waals surface area contributed by atoms with Crippen LogP contribution < -0.4 is 0 Å². The lowest BCUT2D eigenvalue weighted by Crippen LogP contribution is -2.62. The molecule has 1 aromatic rings. The first-order valence-corrected chi connectivity index (χ1v) is 7.96. The number of fused-ring (bicyclic) bond motifs is 2. The first-order valence-electron chi connectivity index (χ1n) is 7.20. The van der Waals surface area contributed by atoms with E-state index in [2.05, 4.69) is 0 Å². The molecule has 2 aliphatic rings. The monoisotopic (exact) mass is 341 g/mol. The number of hydrogen-bond donors (Lipinski definition) is 1. The Hall–Kier alpha value is -1.26. The summed E-state index contributed by atoms with van der Waals surface area (Å²) >= 11 is 12.1. The Morgan fingerprint density at radius 2 is 2.05 bits per heavy atom. The van der Waals surface area contributed by atoms with Crippen LogP contribution in [-0.2, 0) is 15.0 Å². The van der Waals surface area contributed by atoms with E-state index in [-0.39, 0.29) is 11.9 Å². The number of amides is 1. The molecule has 1 aromatic carbocycles. The molecular weight excluding hydrogens is 325 g/mol. The summed E-state index contributed by atoms with van der Waals surface area (Å²) in [6.07, 6.45) is 2.08. The number of rotatable bonds is 2. The van der Waals surface area contributed by atoms with Crippen molar-refractivity contribution in [3.63, 3.8) is 0 Å².